The molecule has 0 spiro atoms. The molecule has 0 saturated carbocycles. The van der Waals surface area contributed by atoms with Gasteiger partial charge < -0.3 is 14.8 Å². The van der Waals surface area contributed by atoms with Crippen molar-refractivity contribution in [2.24, 2.45) is 0 Å². The van der Waals surface area contributed by atoms with E-state index in [1.54, 1.807) is 29.8 Å². The van der Waals surface area contributed by atoms with Crippen LogP contribution in [0.25, 0.3) is 5.69 Å². The van der Waals surface area contributed by atoms with Gasteiger partial charge in [0.15, 0.2) is 11.5 Å². The molecule has 1 saturated heterocycles. The largest absolute Gasteiger partial charge is 0.490 e. The number of benzene rings is 2. The van der Waals surface area contributed by atoms with E-state index in [2.05, 4.69) is 10.4 Å². The van der Waals surface area contributed by atoms with Crippen molar-refractivity contribution in [3.8, 4) is 17.2 Å². The number of amides is 3. The highest BCUT2D eigenvalue weighted by Gasteiger charge is 2.49. The molecule has 3 heterocycles. The van der Waals surface area contributed by atoms with Crippen LogP contribution in [0.15, 0.2) is 48.5 Å². The third kappa shape index (κ3) is 3.60. The zero-order valence-electron chi connectivity index (χ0n) is 18.3. The molecule has 170 valence electrons. The van der Waals surface area contributed by atoms with Gasteiger partial charge in [-0.1, -0.05) is 35.9 Å². The molecule has 0 unspecified atom stereocenters. The number of imide groups is 1. The third-order valence-electron chi connectivity index (χ3n) is 6.04. The van der Waals surface area contributed by atoms with Crippen molar-refractivity contribution >= 4 is 23.5 Å². The highest BCUT2D eigenvalue weighted by atomic mass is 35.5. The molecule has 2 aliphatic rings. The quantitative estimate of drug-likeness (QED) is 0.588. The van der Waals surface area contributed by atoms with E-state index in [1.807, 2.05) is 37.3 Å². The van der Waals surface area contributed by atoms with Crippen molar-refractivity contribution in [3.05, 3.63) is 70.5 Å². The normalized spacial score (nSPS) is 20.0. The molecule has 2 aliphatic heterocycles. The minimum Gasteiger partial charge on any atom is -0.490 e. The molecule has 1 N–H and O–H groups in total. The lowest BCUT2D eigenvalue weighted by Gasteiger charge is -2.23. The lowest BCUT2D eigenvalue weighted by Crippen LogP contribution is -2.40. The maximum Gasteiger partial charge on any atom is 0.325 e. The van der Waals surface area contributed by atoms with Gasteiger partial charge in [0.1, 0.15) is 10.7 Å². The fourth-order valence-electron chi connectivity index (χ4n) is 4.12. The number of nitrogens with zero attached hydrogens (tertiary/aromatic N) is 3. The monoisotopic (exact) mass is 466 g/mol. The first-order valence-corrected chi connectivity index (χ1v) is 11.1. The Morgan fingerprint density at radius 3 is 2.58 bits per heavy atom. The minimum atomic E-state index is -1.24. The summed E-state index contributed by atoms with van der Waals surface area (Å²) in [5, 5.41) is 7.71. The summed E-state index contributed by atoms with van der Waals surface area (Å²) in [4.78, 5) is 27.5. The lowest BCUT2D eigenvalue weighted by molar-refractivity contribution is -0.131. The number of urea groups is 1. The molecular weight excluding hydrogens is 444 g/mol. The number of hydrogen-bond acceptors (Lipinski definition) is 5. The van der Waals surface area contributed by atoms with Crippen LogP contribution in [0.3, 0.4) is 0 Å². The van der Waals surface area contributed by atoms with Gasteiger partial charge in [-0.25, -0.2) is 9.48 Å². The van der Waals surface area contributed by atoms with Gasteiger partial charge in [0.25, 0.3) is 5.91 Å². The zero-order chi connectivity index (χ0) is 23.2. The van der Waals surface area contributed by atoms with Gasteiger partial charge in [-0.05, 0) is 43.7 Å². The number of halogens is 1. The number of carbonyl (C=O) groups is 2. The van der Waals surface area contributed by atoms with Crippen LogP contribution < -0.4 is 14.8 Å². The number of para-hydroxylation sites is 1. The molecule has 1 aromatic heterocycles. The predicted molar refractivity (Wildman–Crippen MR) is 122 cm³/mol. The molecule has 3 aromatic rings. The molecule has 1 atom stereocenters. The van der Waals surface area contributed by atoms with Crippen LogP contribution >= 0.6 is 11.6 Å². The topological polar surface area (TPSA) is 85.7 Å². The van der Waals surface area contributed by atoms with Crippen LogP contribution in [0.4, 0.5) is 4.79 Å². The van der Waals surface area contributed by atoms with Gasteiger partial charge in [-0.3, -0.25) is 9.69 Å². The summed E-state index contributed by atoms with van der Waals surface area (Å²) in [6, 6.07) is 14.3. The molecule has 1 fully saturated rings. The molecule has 5 rings (SSSR count). The van der Waals surface area contributed by atoms with Crippen LogP contribution in [0.5, 0.6) is 11.5 Å². The van der Waals surface area contributed by atoms with Crippen LogP contribution in [0.1, 0.15) is 30.2 Å². The second kappa shape index (κ2) is 8.12. The Hall–Kier alpha value is -3.52. The Balaban J connectivity index is 1.44. The average molecular weight is 467 g/mol. The van der Waals surface area contributed by atoms with Crippen molar-refractivity contribution in [1.82, 2.24) is 20.0 Å². The molecule has 2 aromatic carbocycles. The van der Waals surface area contributed by atoms with Crippen LogP contribution in [0, 0.1) is 6.92 Å². The van der Waals surface area contributed by atoms with Gasteiger partial charge in [-0.15, -0.1) is 0 Å². The molecule has 0 aliphatic carbocycles. The molecule has 8 nitrogen and oxygen atoms in total. The van der Waals surface area contributed by atoms with E-state index in [0.29, 0.717) is 46.7 Å². The first kappa shape index (κ1) is 21.3. The Bertz CT molecular complexity index is 1240. The fraction of sp³-hybridized carbons (Fsp3) is 0.292. The first-order valence-electron chi connectivity index (χ1n) is 10.7. The number of ether oxygens (including phenoxy) is 2. The number of nitrogens with one attached hydrogen (secondary N) is 1. The van der Waals surface area contributed by atoms with Crippen molar-refractivity contribution in [2.75, 3.05) is 13.2 Å². The van der Waals surface area contributed by atoms with Crippen molar-refractivity contribution < 1.29 is 19.1 Å². The number of fused-ring (bicyclic) bond motifs is 1. The second-order valence-electron chi connectivity index (χ2n) is 8.26. The molecular formula is C24H23ClN4O4. The van der Waals surface area contributed by atoms with Gasteiger partial charge in [0.05, 0.1) is 31.1 Å². The van der Waals surface area contributed by atoms with Gasteiger partial charge in [0.2, 0.25) is 0 Å². The number of aromatic nitrogens is 2. The number of hydrogen-bond donors (Lipinski definition) is 1. The van der Waals surface area contributed by atoms with E-state index in [4.69, 9.17) is 21.1 Å². The van der Waals surface area contributed by atoms with Gasteiger partial charge in [-0.2, -0.15) is 5.10 Å². The standard InChI is InChI=1S/C24H23ClN4O4/c1-15-18(21(25)29(27-15)17-7-4-3-5-8-17)14-28-22(30)24(2,26-23(28)31)16-9-10-19-20(13-16)33-12-6-11-32-19/h3-5,7-10,13H,6,11-12,14H2,1-2H3,(H,26,31)/t24-/m0/s1. The summed E-state index contributed by atoms with van der Waals surface area (Å²) in [6.07, 6.45) is 0.779. The fourth-order valence-corrected chi connectivity index (χ4v) is 4.45. The Morgan fingerprint density at radius 1 is 1.09 bits per heavy atom. The van der Waals surface area contributed by atoms with E-state index in [1.165, 1.54) is 4.90 Å². The van der Waals surface area contributed by atoms with E-state index >= 15 is 0 Å². The van der Waals surface area contributed by atoms with E-state index in [9.17, 15) is 9.59 Å². The van der Waals surface area contributed by atoms with Gasteiger partial charge >= 0.3 is 6.03 Å². The number of aryl methyl sites for hydroxylation is 1. The predicted octanol–water partition coefficient (Wildman–Crippen LogP) is 3.96. The Kier molecular flexibility index (Phi) is 5.25. The average Bonchev–Trinajstić information content (AvgIpc) is 3.09. The highest BCUT2D eigenvalue weighted by Crippen LogP contribution is 2.37. The summed E-state index contributed by atoms with van der Waals surface area (Å²) >= 11 is 6.62. The Morgan fingerprint density at radius 2 is 1.82 bits per heavy atom. The maximum absolute atomic E-state index is 13.5. The summed E-state index contributed by atoms with van der Waals surface area (Å²) < 4.78 is 13.0. The summed E-state index contributed by atoms with van der Waals surface area (Å²) in [7, 11) is 0. The number of rotatable bonds is 4. The molecule has 33 heavy (non-hydrogen) atoms. The maximum atomic E-state index is 13.5. The summed E-state index contributed by atoms with van der Waals surface area (Å²) in [5.41, 5.74) is 1.44. The Labute approximate surface area is 196 Å². The first-order chi connectivity index (χ1) is 15.9. The minimum absolute atomic E-state index is 0.0162. The molecule has 3 amide bonds. The van der Waals surface area contributed by atoms with Crippen LogP contribution in [-0.2, 0) is 16.9 Å². The van der Waals surface area contributed by atoms with E-state index in [0.717, 1.165) is 12.1 Å². The number of carbonyl (C=O) groups excluding carboxylic acids is 2. The van der Waals surface area contributed by atoms with Gasteiger partial charge in [0, 0.05) is 12.0 Å². The zero-order valence-corrected chi connectivity index (χ0v) is 19.1. The summed E-state index contributed by atoms with van der Waals surface area (Å²) in [6.45, 7) is 4.62. The van der Waals surface area contributed by atoms with Crippen molar-refractivity contribution in [3.63, 3.8) is 0 Å². The van der Waals surface area contributed by atoms with E-state index in [-0.39, 0.29) is 12.5 Å². The van der Waals surface area contributed by atoms with Crippen molar-refractivity contribution in [2.45, 2.75) is 32.4 Å². The van der Waals surface area contributed by atoms with E-state index < -0.39 is 11.6 Å². The summed E-state index contributed by atoms with van der Waals surface area (Å²) in [5.74, 6) is 0.823. The van der Waals surface area contributed by atoms with Crippen molar-refractivity contribution in [1.29, 1.82) is 0 Å². The highest BCUT2D eigenvalue weighted by molar-refractivity contribution is 6.30. The SMILES string of the molecule is Cc1nn(-c2ccccc2)c(Cl)c1CN1C(=O)N[C@@](C)(c2ccc3c(c2)OCCCO3)C1=O. The van der Waals surface area contributed by atoms with Crippen LogP contribution in [0.2, 0.25) is 5.15 Å². The lowest BCUT2D eigenvalue weighted by atomic mass is 9.91. The molecule has 0 radical (unpaired) electrons. The van der Waals surface area contributed by atoms with Crippen LogP contribution in [-0.4, -0.2) is 39.8 Å². The molecule has 9 heteroatoms. The second-order valence-corrected chi connectivity index (χ2v) is 8.62. The molecule has 0 bridgehead atoms. The third-order valence-corrected chi connectivity index (χ3v) is 6.43. The smallest absolute Gasteiger partial charge is 0.325 e.